The molecule has 0 fully saturated rings. The van der Waals surface area contributed by atoms with Gasteiger partial charge >= 0.3 is 51.4 Å². The van der Waals surface area contributed by atoms with Gasteiger partial charge in [-0.15, -0.1) is 0 Å². The molecule has 0 aliphatic carbocycles. The van der Waals surface area contributed by atoms with Gasteiger partial charge in [0, 0.05) is 0 Å². The van der Waals surface area contributed by atoms with Crippen molar-refractivity contribution in [2.24, 2.45) is 5.84 Å². The van der Waals surface area contributed by atoms with E-state index in [-0.39, 0.29) is 51.4 Å². The van der Waals surface area contributed by atoms with Crippen molar-refractivity contribution in [3.63, 3.8) is 0 Å². The molecule has 54 valence electrons. The molecule has 0 unspecified atom stereocenters. The van der Waals surface area contributed by atoms with Crippen LogP contribution in [0.15, 0.2) is 0 Å². The third-order valence-electron chi connectivity index (χ3n) is 0.469. The first-order valence-electron chi connectivity index (χ1n) is 1.89. The van der Waals surface area contributed by atoms with Gasteiger partial charge < -0.3 is 4.55 Å². The number of nitrogens with one attached hydrogen (secondary N) is 1. The van der Waals surface area contributed by atoms with Crippen molar-refractivity contribution in [1.82, 2.24) is 5.43 Å². The molecule has 0 bridgehead atoms. The Morgan fingerprint density at radius 1 is 1.60 bits per heavy atom. The summed E-state index contributed by atoms with van der Waals surface area (Å²) >= 11 is 0. The molecule has 0 atom stereocenters. The Morgan fingerprint density at radius 3 is 2.10 bits per heavy atom. The number of carbonyl (C=O) groups excluding carboxylic acids is 1. The van der Waals surface area contributed by atoms with Gasteiger partial charge in [0.15, 0.2) is 0 Å². The molecule has 10 heavy (non-hydrogen) atoms. The molecule has 0 spiro atoms. The van der Waals surface area contributed by atoms with Crippen LogP contribution in [-0.2, 0) is 14.9 Å². The van der Waals surface area contributed by atoms with E-state index in [4.69, 9.17) is 0 Å². The maximum atomic E-state index is 10.0. The van der Waals surface area contributed by atoms with E-state index in [1.807, 2.05) is 0 Å². The summed E-state index contributed by atoms with van der Waals surface area (Å²) in [6.07, 6.45) is 0. The zero-order chi connectivity index (χ0) is 7.49. The Hall–Kier alpha value is 0.976. The quantitative estimate of drug-likeness (QED) is 0.149. The van der Waals surface area contributed by atoms with E-state index in [0.717, 1.165) is 0 Å². The van der Waals surface area contributed by atoms with Crippen LogP contribution in [0, 0.1) is 0 Å². The van der Waals surface area contributed by atoms with Crippen LogP contribution in [0.1, 0.15) is 0 Å². The second-order valence-electron chi connectivity index (χ2n) is 1.27. The largest absolute Gasteiger partial charge is 1.00 e. The molecule has 0 aromatic carbocycles. The zero-order valence-electron chi connectivity index (χ0n) is 5.33. The smallest absolute Gasteiger partial charge is 0.748 e. The predicted octanol–water partition coefficient (Wildman–Crippen LogP) is -5.47. The SMILES string of the molecule is NNC(=O)CS(=O)(=O)[O-].[K+]. The summed E-state index contributed by atoms with van der Waals surface area (Å²) in [5.41, 5.74) is 1.50. The summed E-state index contributed by atoms with van der Waals surface area (Å²) in [6, 6.07) is 0. The van der Waals surface area contributed by atoms with Crippen LogP contribution in [0.3, 0.4) is 0 Å². The number of rotatable bonds is 2. The fourth-order valence-electron chi connectivity index (χ4n) is 0.202. The van der Waals surface area contributed by atoms with Gasteiger partial charge in [0.05, 0.1) is 0 Å². The zero-order valence-corrected chi connectivity index (χ0v) is 9.27. The average molecular weight is 192 g/mol. The summed E-state index contributed by atoms with van der Waals surface area (Å²) < 4.78 is 29.2. The van der Waals surface area contributed by atoms with E-state index in [9.17, 15) is 17.8 Å². The van der Waals surface area contributed by atoms with Crippen LogP contribution >= 0.6 is 0 Å². The van der Waals surface area contributed by atoms with E-state index in [0.29, 0.717) is 0 Å². The molecule has 0 heterocycles. The standard InChI is InChI=1S/C2H6N2O4S.K/c3-4-2(5)1-9(6,7)8;/h1,3H2,(H,4,5)(H,6,7,8);/q;+1/p-1. The van der Waals surface area contributed by atoms with E-state index in [2.05, 4.69) is 5.84 Å². The van der Waals surface area contributed by atoms with Crippen molar-refractivity contribution in [2.75, 3.05) is 5.75 Å². The van der Waals surface area contributed by atoms with Crippen LogP contribution in [0.4, 0.5) is 0 Å². The summed E-state index contributed by atoms with van der Waals surface area (Å²) in [5.74, 6) is 2.36. The van der Waals surface area contributed by atoms with E-state index in [1.54, 1.807) is 0 Å². The topological polar surface area (TPSA) is 112 Å². The number of hydrazine groups is 1. The van der Waals surface area contributed by atoms with Crippen LogP contribution in [0.25, 0.3) is 0 Å². The Kier molecular flexibility index (Phi) is 7.60. The number of amides is 1. The number of nitrogens with two attached hydrogens (primary N) is 1. The maximum Gasteiger partial charge on any atom is 1.00 e. The first kappa shape index (κ1) is 13.6. The van der Waals surface area contributed by atoms with Crippen molar-refractivity contribution < 1.29 is 69.1 Å². The van der Waals surface area contributed by atoms with Crippen molar-refractivity contribution in [3.05, 3.63) is 0 Å². The third kappa shape index (κ3) is 8.98. The Morgan fingerprint density at radius 2 is 2.00 bits per heavy atom. The molecular weight excluding hydrogens is 187 g/mol. The molecule has 3 N–H and O–H groups in total. The average Bonchev–Trinajstić information content (AvgIpc) is 1.62. The summed E-state index contributed by atoms with van der Waals surface area (Å²) in [5, 5.41) is 0. The fourth-order valence-corrected chi connectivity index (χ4v) is 0.607. The van der Waals surface area contributed by atoms with Gasteiger partial charge in [-0.3, -0.25) is 10.2 Å². The van der Waals surface area contributed by atoms with Gasteiger partial charge in [-0.25, -0.2) is 14.3 Å². The van der Waals surface area contributed by atoms with E-state index < -0.39 is 21.8 Å². The number of hydrogen-bond donors (Lipinski definition) is 2. The molecule has 0 aliphatic rings. The first-order chi connectivity index (χ1) is 3.95. The van der Waals surface area contributed by atoms with Gasteiger partial charge in [0.2, 0.25) is 5.91 Å². The summed E-state index contributed by atoms with van der Waals surface area (Å²) in [7, 11) is -4.48. The molecule has 0 saturated heterocycles. The van der Waals surface area contributed by atoms with Crippen molar-refractivity contribution in [1.29, 1.82) is 0 Å². The minimum Gasteiger partial charge on any atom is -0.748 e. The second-order valence-corrected chi connectivity index (χ2v) is 2.67. The second kappa shape index (κ2) is 5.60. The normalized spacial score (nSPS) is 9.80. The molecule has 0 aromatic rings. The molecule has 0 radical (unpaired) electrons. The monoisotopic (exact) mass is 192 g/mol. The fraction of sp³-hybridized carbons (Fsp3) is 0.500. The Bertz CT molecular complexity index is 199. The molecule has 1 amide bonds. The molecule has 0 aromatic heterocycles. The maximum absolute atomic E-state index is 10.0. The summed E-state index contributed by atoms with van der Waals surface area (Å²) in [6.45, 7) is 0. The van der Waals surface area contributed by atoms with Crippen molar-refractivity contribution in [2.45, 2.75) is 0 Å². The minimum absolute atomic E-state index is 0. The Balaban J connectivity index is 0. The van der Waals surface area contributed by atoms with Crippen molar-refractivity contribution >= 4 is 16.0 Å². The van der Waals surface area contributed by atoms with Crippen LogP contribution in [-0.4, -0.2) is 24.6 Å². The number of hydrogen-bond acceptors (Lipinski definition) is 5. The molecular formula is C2H5KN2O4S. The molecule has 6 nitrogen and oxygen atoms in total. The van der Waals surface area contributed by atoms with Gasteiger partial charge in [-0.2, -0.15) is 0 Å². The van der Waals surface area contributed by atoms with Gasteiger partial charge in [0.1, 0.15) is 15.9 Å². The number of carbonyl (C=O) groups is 1. The van der Waals surface area contributed by atoms with Crippen LogP contribution in [0.2, 0.25) is 0 Å². The molecule has 8 heteroatoms. The van der Waals surface area contributed by atoms with Gasteiger partial charge in [-0.1, -0.05) is 0 Å². The first-order valence-corrected chi connectivity index (χ1v) is 3.46. The third-order valence-corrected chi connectivity index (χ3v) is 1.08. The van der Waals surface area contributed by atoms with E-state index >= 15 is 0 Å². The van der Waals surface area contributed by atoms with Gasteiger partial charge in [-0.05, 0) is 0 Å². The summed E-state index contributed by atoms with van der Waals surface area (Å²) in [4.78, 5) is 10.0. The van der Waals surface area contributed by atoms with E-state index in [1.165, 1.54) is 5.43 Å². The Labute approximate surface area is 101 Å². The molecule has 0 aliphatic heterocycles. The van der Waals surface area contributed by atoms with Crippen LogP contribution in [0.5, 0.6) is 0 Å². The minimum atomic E-state index is -4.48. The molecule has 0 saturated carbocycles. The van der Waals surface area contributed by atoms with Crippen LogP contribution < -0.4 is 62.7 Å². The molecule has 0 rings (SSSR count). The predicted molar refractivity (Wildman–Crippen MR) is 26.9 cm³/mol. The van der Waals surface area contributed by atoms with Crippen molar-refractivity contribution in [3.8, 4) is 0 Å². The van der Waals surface area contributed by atoms with Gasteiger partial charge in [0.25, 0.3) is 0 Å².